The molecule has 1 heterocycles. The predicted octanol–water partition coefficient (Wildman–Crippen LogP) is 4.86. The van der Waals surface area contributed by atoms with Gasteiger partial charge in [-0.1, -0.05) is 28.1 Å². The number of halogens is 2. The standard InChI is InChI=1S/C19H16BrFN2O2S/c1-12-18(19(24)22-10-13-3-2-4-14(20)9-13)26-17(23-12)11-25-16-7-5-15(21)6-8-16/h2-9H,10-11H2,1H3,(H,22,24). The van der Waals surface area contributed by atoms with E-state index in [1.165, 1.54) is 23.5 Å². The molecule has 0 saturated carbocycles. The summed E-state index contributed by atoms with van der Waals surface area (Å²) in [5.41, 5.74) is 1.68. The Morgan fingerprint density at radius 3 is 2.77 bits per heavy atom. The molecule has 0 bridgehead atoms. The van der Waals surface area contributed by atoms with Gasteiger partial charge in [0.1, 0.15) is 28.1 Å². The van der Waals surface area contributed by atoms with E-state index in [1.807, 2.05) is 24.3 Å². The molecule has 1 amide bonds. The Morgan fingerprint density at radius 2 is 2.04 bits per heavy atom. The number of nitrogens with zero attached hydrogens (tertiary/aromatic N) is 1. The lowest BCUT2D eigenvalue weighted by Crippen LogP contribution is -2.22. The fourth-order valence-corrected chi connectivity index (χ4v) is 3.65. The van der Waals surface area contributed by atoms with Crippen molar-refractivity contribution in [3.63, 3.8) is 0 Å². The SMILES string of the molecule is Cc1nc(COc2ccc(F)cc2)sc1C(=O)NCc1cccc(Br)c1. The van der Waals surface area contributed by atoms with Crippen molar-refractivity contribution in [2.45, 2.75) is 20.1 Å². The van der Waals surface area contributed by atoms with Crippen LogP contribution in [0.4, 0.5) is 4.39 Å². The second-order valence-electron chi connectivity index (χ2n) is 5.58. The Kier molecular flexibility index (Phi) is 6.00. The number of ether oxygens (including phenoxy) is 1. The number of thiazole rings is 1. The maximum absolute atomic E-state index is 12.9. The summed E-state index contributed by atoms with van der Waals surface area (Å²) in [5.74, 6) is 0.0831. The summed E-state index contributed by atoms with van der Waals surface area (Å²) in [6, 6.07) is 13.6. The number of hydrogen-bond acceptors (Lipinski definition) is 4. The highest BCUT2D eigenvalue weighted by molar-refractivity contribution is 9.10. The molecule has 1 N–H and O–H groups in total. The molecule has 0 saturated heterocycles. The monoisotopic (exact) mass is 434 g/mol. The first kappa shape index (κ1) is 18.5. The molecule has 134 valence electrons. The minimum atomic E-state index is -0.313. The van der Waals surface area contributed by atoms with Crippen molar-refractivity contribution >= 4 is 33.2 Å². The first-order chi connectivity index (χ1) is 12.5. The molecule has 7 heteroatoms. The zero-order valence-electron chi connectivity index (χ0n) is 14.0. The van der Waals surface area contributed by atoms with E-state index in [4.69, 9.17) is 4.74 Å². The van der Waals surface area contributed by atoms with Crippen molar-refractivity contribution in [3.8, 4) is 5.75 Å². The Balaban J connectivity index is 1.59. The number of rotatable bonds is 6. The molecule has 0 aliphatic heterocycles. The molecule has 26 heavy (non-hydrogen) atoms. The molecule has 0 aliphatic carbocycles. The fraction of sp³-hybridized carbons (Fsp3) is 0.158. The van der Waals surface area contributed by atoms with Gasteiger partial charge < -0.3 is 10.1 Å². The van der Waals surface area contributed by atoms with Gasteiger partial charge in [0, 0.05) is 11.0 Å². The van der Waals surface area contributed by atoms with Crippen LogP contribution in [0.3, 0.4) is 0 Å². The number of carbonyl (C=O) groups is 1. The van der Waals surface area contributed by atoms with Crippen molar-refractivity contribution in [3.05, 3.63) is 80.0 Å². The number of benzene rings is 2. The summed E-state index contributed by atoms with van der Waals surface area (Å²) in [5, 5.41) is 3.60. The van der Waals surface area contributed by atoms with Crippen molar-refractivity contribution in [1.29, 1.82) is 0 Å². The highest BCUT2D eigenvalue weighted by Gasteiger charge is 2.15. The molecule has 0 aliphatic rings. The smallest absolute Gasteiger partial charge is 0.263 e. The van der Waals surface area contributed by atoms with E-state index < -0.39 is 0 Å². The largest absolute Gasteiger partial charge is 0.486 e. The van der Waals surface area contributed by atoms with Gasteiger partial charge in [0.15, 0.2) is 0 Å². The lowest BCUT2D eigenvalue weighted by Gasteiger charge is -2.05. The first-order valence-electron chi connectivity index (χ1n) is 7.88. The van der Waals surface area contributed by atoms with Gasteiger partial charge in [-0.15, -0.1) is 11.3 Å². The number of aromatic nitrogens is 1. The molecule has 0 atom stereocenters. The summed E-state index contributed by atoms with van der Waals surface area (Å²) in [6.07, 6.45) is 0. The quantitative estimate of drug-likeness (QED) is 0.602. The molecular formula is C19H16BrFN2O2S. The molecular weight excluding hydrogens is 419 g/mol. The summed E-state index contributed by atoms with van der Waals surface area (Å²) >= 11 is 4.71. The van der Waals surface area contributed by atoms with E-state index in [0.29, 0.717) is 27.9 Å². The molecule has 0 unspecified atom stereocenters. The molecule has 1 aromatic heterocycles. The molecule has 0 spiro atoms. The first-order valence-corrected chi connectivity index (χ1v) is 9.49. The zero-order valence-corrected chi connectivity index (χ0v) is 16.4. The van der Waals surface area contributed by atoms with E-state index in [9.17, 15) is 9.18 Å². The zero-order chi connectivity index (χ0) is 18.5. The highest BCUT2D eigenvalue weighted by Crippen LogP contribution is 2.21. The molecule has 0 radical (unpaired) electrons. The van der Waals surface area contributed by atoms with Gasteiger partial charge in [-0.3, -0.25) is 4.79 Å². The number of nitrogens with one attached hydrogen (secondary N) is 1. The average Bonchev–Trinajstić information content (AvgIpc) is 3.00. The lowest BCUT2D eigenvalue weighted by atomic mass is 10.2. The van der Waals surface area contributed by atoms with Gasteiger partial charge in [-0.25, -0.2) is 9.37 Å². The molecule has 3 rings (SSSR count). The van der Waals surface area contributed by atoms with Crippen LogP contribution in [0.15, 0.2) is 53.0 Å². The number of carbonyl (C=O) groups excluding carboxylic acids is 1. The van der Waals surface area contributed by atoms with Crippen LogP contribution < -0.4 is 10.1 Å². The summed E-state index contributed by atoms with van der Waals surface area (Å²) in [4.78, 5) is 17.4. The van der Waals surface area contributed by atoms with Crippen molar-refractivity contribution in [1.82, 2.24) is 10.3 Å². The second kappa shape index (κ2) is 8.42. The van der Waals surface area contributed by atoms with Crippen LogP contribution in [0.5, 0.6) is 5.75 Å². The fourth-order valence-electron chi connectivity index (χ4n) is 2.31. The van der Waals surface area contributed by atoms with E-state index in [-0.39, 0.29) is 18.3 Å². The minimum absolute atomic E-state index is 0.159. The van der Waals surface area contributed by atoms with Gasteiger partial charge in [0.2, 0.25) is 0 Å². The molecule has 0 fully saturated rings. The number of aryl methyl sites for hydroxylation is 1. The van der Waals surface area contributed by atoms with Crippen LogP contribution in [0.2, 0.25) is 0 Å². The number of hydrogen-bond donors (Lipinski definition) is 1. The third kappa shape index (κ3) is 4.89. The molecule has 3 aromatic rings. The predicted molar refractivity (Wildman–Crippen MR) is 103 cm³/mol. The van der Waals surface area contributed by atoms with Crippen LogP contribution in [0.1, 0.15) is 25.9 Å². The number of amides is 1. The van der Waals surface area contributed by atoms with Crippen LogP contribution in [-0.2, 0) is 13.2 Å². The Bertz CT molecular complexity index is 912. The van der Waals surface area contributed by atoms with E-state index >= 15 is 0 Å². The van der Waals surface area contributed by atoms with Crippen LogP contribution >= 0.6 is 27.3 Å². The highest BCUT2D eigenvalue weighted by atomic mass is 79.9. The van der Waals surface area contributed by atoms with Gasteiger partial charge in [-0.05, 0) is 48.9 Å². The Morgan fingerprint density at radius 1 is 1.27 bits per heavy atom. The normalized spacial score (nSPS) is 10.6. The topological polar surface area (TPSA) is 51.2 Å². The lowest BCUT2D eigenvalue weighted by molar-refractivity contribution is 0.0954. The van der Waals surface area contributed by atoms with E-state index in [2.05, 4.69) is 26.2 Å². The van der Waals surface area contributed by atoms with Crippen LogP contribution in [0, 0.1) is 12.7 Å². The van der Waals surface area contributed by atoms with Crippen molar-refractivity contribution < 1.29 is 13.9 Å². The van der Waals surface area contributed by atoms with Gasteiger partial charge in [0.25, 0.3) is 5.91 Å². The van der Waals surface area contributed by atoms with Crippen molar-refractivity contribution in [2.24, 2.45) is 0 Å². The third-order valence-electron chi connectivity index (χ3n) is 3.57. The summed E-state index contributed by atoms with van der Waals surface area (Å²) in [6.45, 7) is 2.47. The maximum atomic E-state index is 12.9. The van der Waals surface area contributed by atoms with Gasteiger partial charge in [0.05, 0.1) is 5.69 Å². The van der Waals surface area contributed by atoms with Gasteiger partial charge in [-0.2, -0.15) is 0 Å². The maximum Gasteiger partial charge on any atom is 0.263 e. The minimum Gasteiger partial charge on any atom is -0.486 e. The summed E-state index contributed by atoms with van der Waals surface area (Å²) in [7, 11) is 0. The average molecular weight is 435 g/mol. The van der Waals surface area contributed by atoms with E-state index in [0.717, 1.165) is 10.0 Å². The van der Waals surface area contributed by atoms with Crippen LogP contribution in [-0.4, -0.2) is 10.9 Å². The third-order valence-corrected chi connectivity index (χ3v) is 5.19. The second-order valence-corrected chi connectivity index (χ2v) is 7.58. The van der Waals surface area contributed by atoms with Gasteiger partial charge >= 0.3 is 0 Å². The Hall–Kier alpha value is -2.25. The van der Waals surface area contributed by atoms with Crippen molar-refractivity contribution in [2.75, 3.05) is 0 Å². The van der Waals surface area contributed by atoms with E-state index in [1.54, 1.807) is 19.1 Å². The summed E-state index contributed by atoms with van der Waals surface area (Å²) < 4.78 is 19.5. The van der Waals surface area contributed by atoms with Crippen LogP contribution in [0.25, 0.3) is 0 Å². The Labute approximate surface area is 163 Å². The molecule has 4 nitrogen and oxygen atoms in total. The molecule has 2 aromatic carbocycles.